The predicted octanol–water partition coefficient (Wildman–Crippen LogP) is 3.60. The molecule has 1 aliphatic heterocycles. The Hall–Kier alpha value is -2.93. The van der Waals surface area contributed by atoms with Crippen molar-refractivity contribution in [1.29, 1.82) is 0 Å². The summed E-state index contributed by atoms with van der Waals surface area (Å²) in [5.41, 5.74) is 0.863. The summed E-state index contributed by atoms with van der Waals surface area (Å²) in [7, 11) is 0. The van der Waals surface area contributed by atoms with Crippen LogP contribution in [0.25, 0.3) is 22.5 Å². The van der Waals surface area contributed by atoms with E-state index in [0.717, 1.165) is 23.3 Å². The number of nitrogens with zero attached hydrogens (tertiary/aromatic N) is 4. The highest BCUT2D eigenvalue weighted by molar-refractivity contribution is 5.91. The van der Waals surface area contributed by atoms with Crippen molar-refractivity contribution < 1.29 is 13.9 Å². The van der Waals surface area contributed by atoms with Crippen molar-refractivity contribution >= 4 is 22.6 Å². The number of hydrogen-bond acceptors (Lipinski definition) is 6. The highest BCUT2D eigenvalue weighted by Crippen LogP contribution is 2.28. The van der Waals surface area contributed by atoms with E-state index in [1.165, 1.54) is 0 Å². The molecule has 1 saturated heterocycles. The fraction of sp³-hybridized carbons (Fsp3) is 0.435. The molecule has 7 nitrogen and oxygen atoms in total. The maximum absolute atomic E-state index is 12.7. The van der Waals surface area contributed by atoms with Crippen LogP contribution in [0, 0.1) is 5.92 Å². The second-order valence-electron chi connectivity index (χ2n) is 7.95. The Balaban J connectivity index is 1.65. The number of rotatable bonds is 7. The second kappa shape index (κ2) is 9.26. The number of carbonyl (C=O) groups excluding carboxylic acids is 1. The largest absolute Gasteiger partial charge is 0.461 e. The van der Waals surface area contributed by atoms with Gasteiger partial charge in [0.05, 0.1) is 25.0 Å². The molecule has 0 saturated carbocycles. The van der Waals surface area contributed by atoms with Crippen LogP contribution in [0.15, 0.2) is 47.1 Å². The summed E-state index contributed by atoms with van der Waals surface area (Å²) in [6.07, 6.45) is 2.07. The molecule has 0 spiro atoms. The zero-order valence-corrected chi connectivity index (χ0v) is 17.6. The fourth-order valence-corrected chi connectivity index (χ4v) is 3.74. The first-order valence-electron chi connectivity index (χ1n) is 10.5. The SMILES string of the molecule is CC(C)CN(CCC(=O)N1CCOCC1)c1nc(-c2ccco2)nc2ccccc12. The van der Waals surface area contributed by atoms with Crippen LogP contribution in [-0.2, 0) is 9.53 Å². The Morgan fingerprint density at radius 3 is 2.67 bits per heavy atom. The second-order valence-corrected chi connectivity index (χ2v) is 7.95. The molecular weight excluding hydrogens is 380 g/mol. The van der Waals surface area contributed by atoms with Gasteiger partial charge in [-0.3, -0.25) is 4.79 Å². The Morgan fingerprint density at radius 1 is 1.13 bits per heavy atom. The molecule has 0 aliphatic carbocycles. The molecule has 0 atom stereocenters. The van der Waals surface area contributed by atoms with Gasteiger partial charge in [-0.2, -0.15) is 0 Å². The zero-order chi connectivity index (χ0) is 20.9. The maximum atomic E-state index is 12.7. The Labute approximate surface area is 176 Å². The molecule has 3 heterocycles. The molecule has 0 N–H and O–H groups in total. The molecule has 30 heavy (non-hydrogen) atoms. The van der Waals surface area contributed by atoms with Gasteiger partial charge in [-0.05, 0) is 30.2 Å². The number of anilines is 1. The van der Waals surface area contributed by atoms with E-state index < -0.39 is 0 Å². The van der Waals surface area contributed by atoms with Crippen LogP contribution in [0.1, 0.15) is 20.3 Å². The number of hydrogen-bond donors (Lipinski definition) is 0. The van der Waals surface area contributed by atoms with E-state index in [1.54, 1.807) is 6.26 Å². The van der Waals surface area contributed by atoms with E-state index in [-0.39, 0.29) is 5.91 Å². The maximum Gasteiger partial charge on any atom is 0.224 e. The van der Waals surface area contributed by atoms with Gasteiger partial charge >= 0.3 is 0 Å². The molecule has 0 bridgehead atoms. The highest BCUT2D eigenvalue weighted by atomic mass is 16.5. The van der Waals surface area contributed by atoms with Gasteiger partial charge in [0.1, 0.15) is 5.82 Å². The normalized spacial score (nSPS) is 14.4. The van der Waals surface area contributed by atoms with Crippen LogP contribution in [0.3, 0.4) is 0 Å². The monoisotopic (exact) mass is 408 g/mol. The number of carbonyl (C=O) groups is 1. The third-order valence-electron chi connectivity index (χ3n) is 5.17. The van der Waals surface area contributed by atoms with Crippen molar-refractivity contribution in [2.24, 2.45) is 5.92 Å². The molecule has 3 aromatic rings. The molecule has 1 aliphatic rings. The summed E-state index contributed by atoms with van der Waals surface area (Å²) < 4.78 is 10.9. The van der Waals surface area contributed by atoms with Crippen molar-refractivity contribution in [2.45, 2.75) is 20.3 Å². The predicted molar refractivity (Wildman–Crippen MR) is 116 cm³/mol. The van der Waals surface area contributed by atoms with Crippen LogP contribution in [0.2, 0.25) is 0 Å². The van der Waals surface area contributed by atoms with Crippen molar-refractivity contribution in [3.8, 4) is 11.6 Å². The molecule has 0 unspecified atom stereocenters. The smallest absolute Gasteiger partial charge is 0.224 e. The van der Waals surface area contributed by atoms with E-state index in [2.05, 4.69) is 23.7 Å². The zero-order valence-electron chi connectivity index (χ0n) is 17.6. The molecule has 1 amide bonds. The minimum Gasteiger partial charge on any atom is -0.461 e. The Kier molecular flexibility index (Phi) is 6.28. The van der Waals surface area contributed by atoms with E-state index >= 15 is 0 Å². The number of benzene rings is 1. The first-order chi connectivity index (χ1) is 14.6. The molecule has 7 heteroatoms. The third kappa shape index (κ3) is 4.62. The van der Waals surface area contributed by atoms with Crippen LogP contribution >= 0.6 is 0 Å². The molecule has 1 aromatic carbocycles. The lowest BCUT2D eigenvalue weighted by Crippen LogP contribution is -2.42. The Morgan fingerprint density at radius 2 is 1.93 bits per heavy atom. The average molecular weight is 409 g/mol. The van der Waals surface area contributed by atoms with Crippen molar-refractivity contribution in [1.82, 2.24) is 14.9 Å². The summed E-state index contributed by atoms with van der Waals surface area (Å²) in [6, 6.07) is 11.7. The quantitative estimate of drug-likeness (QED) is 0.595. The first-order valence-corrected chi connectivity index (χ1v) is 10.5. The number of morpholine rings is 1. The van der Waals surface area contributed by atoms with Crippen molar-refractivity contribution in [3.63, 3.8) is 0 Å². The van der Waals surface area contributed by atoms with Gasteiger partial charge in [0.25, 0.3) is 0 Å². The van der Waals surface area contributed by atoms with Gasteiger partial charge in [-0.1, -0.05) is 26.0 Å². The molecule has 1 fully saturated rings. The minimum absolute atomic E-state index is 0.164. The van der Waals surface area contributed by atoms with E-state index in [4.69, 9.17) is 14.1 Å². The topological polar surface area (TPSA) is 71.7 Å². The fourth-order valence-electron chi connectivity index (χ4n) is 3.74. The Bertz CT molecular complexity index is 981. The number of para-hydroxylation sites is 1. The summed E-state index contributed by atoms with van der Waals surface area (Å²) in [4.78, 5) is 26.4. The number of furan rings is 1. The lowest BCUT2D eigenvalue weighted by Gasteiger charge is -2.30. The van der Waals surface area contributed by atoms with Crippen LogP contribution < -0.4 is 4.90 Å². The van der Waals surface area contributed by atoms with Gasteiger partial charge in [0.2, 0.25) is 5.91 Å². The molecule has 2 aromatic heterocycles. The molecule has 158 valence electrons. The molecule has 0 radical (unpaired) electrons. The first kappa shape index (κ1) is 20.3. The van der Waals surface area contributed by atoms with Crippen LogP contribution in [-0.4, -0.2) is 60.2 Å². The number of ether oxygens (including phenoxy) is 1. The number of amides is 1. The summed E-state index contributed by atoms with van der Waals surface area (Å²) >= 11 is 0. The summed E-state index contributed by atoms with van der Waals surface area (Å²) in [5.74, 6) is 2.62. The lowest BCUT2D eigenvalue weighted by molar-refractivity contribution is -0.135. The minimum atomic E-state index is 0.164. The number of aromatic nitrogens is 2. The van der Waals surface area contributed by atoms with Gasteiger partial charge in [0.15, 0.2) is 11.6 Å². The van der Waals surface area contributed by atoms with Crippen molar-refractivity contribution in [2.75, 3.05) is 44.3 Å². The summed E-state index contributed by atoms with van der Waals surface area (Å²) in [6.45, 7) is 8.32. The van der Waals surface area contributed by atoms with Gasteiger partial charge in [0, 0.05) is 38.0 Å². The standard InChI is InChI=1S/C23H28N4O3/c1-17(2)16-27(10-9-21(28)26-11-14-29-15-12-26)23-18-6-3-4-7-19(18)24-22(25-23)20-8-5-13-30-20/h3-8,13,17H,9-12,14-16H2,1-2H3. The third-order valence-corrected chi connectivity index (χ3v) is 5.17. The van der Waals surface area contributed by atoms with Crippen LogP contribution in [0.5, 0.6) is 0 Å². The van der Waals surface area contributed by atoms with E-state index in [0.29, 0.717) is 56.8 Å². The molecular formula is C23H28N4O3. The van der Waals surface area contributed by atoms with Gasteiger partial charge in [-0.15, -0.1) is 0 Å². The van der Waals surface area contributed by atoms with Gasteiger partial charge < -0.3 is 19.0 Å². The lowest BCUT2D eigenvalue weighted by atomic mass is 10.1. The van der Waals surface area contributed by atoms with Crippen molar-refractivity contribution in [3.05, 3.63) is 42.7 Å². The van der Waals surface area contributed by atoms with Gasteiger partial charge in [-0.25, -0.2) is 9.97 Å². The average Bonchev–Trinajstić information content (AvgIpc) is 3.31. The van der Waals surface area contributed by atoms with E-state index in [9.17, 15) is 4.79 Å². The molecule has 4 rings (SSSR count). The van der Waals surface area contributed by atoms with Crippen LogP contribution in [0.4, 0.5) is 5.82 Å². The highest BCUT2D eigenvalue weighted by Gasteiger charge is 2.21. The summed E-state index contributed by atoms with van der Waals surface area (Å²) in [5, 5.41) is 0.979. The van der Waals surface area contributed by atoms with E-state index in [1.807, 2.05) is 41.3 Å². The number of fused-ring (bicyclic) bond motifs is 1.